The van der Waals surface area contributed by atoms with Gasteiger partial charge in [-0.3, -0.25) is 0 Å². The van der Waals surface area contributed by atoms with Gasteiger partial charge in [-0.05, 0) is 44.0 Å². The first kappa shape index (κ1) is 12.8. The van der Waals surface area contributed by atoms with Crippen molar-refractivity contribution in [2.45, 2.75) is 13.8 Å². The quantitative estimate of drug-likeness (QED) is 0.800. The second kappa shape index (κ2) is 6.27. The normalized spacial score (nSPS) is 8.69. The molecule has 0 aliphatic heterocycles. The molecule has 2 nitrogen and oxygen atoms in total. The molecular weight excluding hydrogens is 298 g/mol. The number of methoxy groups -OCH3 is 1. The lowest BCUT2D eigenvalue weighted by Gasteiger charge is -2.05. The summed E-state index contributed by atoms with van der Waals surface area (Å²) in [6.07, 6.45) is 0. The highest BCUT2D eigenvalue weighted by molar-refractivity contribution is 9.11. The van der Waals surface area contributed by atoms with E-state index in [-0.39, 0.29) is 0 Å². The van der Waals surface area contributed by atoms with Gasteiger partial charge in [0.2, 0.25) is 0 Å². The van der Waals surface area contributed by atoms with Crippen LogP contribution in [0.2, 0.25) is 0 Å². The molecule has 0 unspecified atom stereocenters. The topological polar surface area (TPSA) is 35.2 Å². The van der Waals surface area contributed by atoms with E-state index in [1.165, 1.54) is 0 Å². The maximum absolute atomic E-state index is 5.57. The van der Waals surface area contributed by atoms with Crippen LogP contribution in [0.1, 0.15) is 13.8 Å². The third-order valence-electron chi connectivity index (χ3n) is 1.22. The van der Waals surface area contributed by atoms with Crippen LogP contribution in [-0.4, -0.2) is 7.11 Å². The van der Waals surface area contributed by atoms with Crippen LogP contribution in [0.15, 0.2) is 21.1 Å². The average Bonchev–Trinajstić information content (AvgIpc) is 2.07. The van der Waals surface area contributed by atoms with Crippen LogP contribution >= 0.6 is 31.9 Å². The van der Waals surface area contributed by atoms with Crippen molar-refractivity contribution in [2.75, 3.05) is 12.8 Å². The Kier molecular flexibility index (Phi) is 6.16. The minimum absolute atomic E-state index is 0.699. The highest BCUT2D eigenvalue weighted by Crippen LogP contribution is 2.34. The standard InChI is InChI=1S/C7H7Br2NO.C2H6/c1-11-7-5(8)2-4(10)3-6(7)9;1-2/h2-3H,10H2,1H3;1-2H3. The minimum atomic E-state index is 0.699. The maximum Gasteiger partial charge on any atom is 0.147 e. The molecule has 1 aromatic rings. The third-order valence-corrected chi connectivity index (χ3v) is 2.40. The van der Waals surface area contributed by atoms with Gasteiger partial charge in [0.1, 0.15) is 5.75 Å². The van der Waals surface area contributed by atoms with Gasteiger partial charge in [-0.15, -0.1) is 0 Å². The monoisotopic (exact) mass is 309 g/mol. The van der Waals surface area contributed by atoms with Gasteiger partial charge < -0.3 is 10.5 Å². The molecule has 0 spiro atoms. The zero-order valence-corrected chi connectivity index (χ0v) is 11.1. The van der Waals surface area contributed by atoms with Crippen LogP contribution < -0.4 is 10.5 Å². The van der Waals surface area contributed by atoms with Crippen molar-refractivity contribution in [1.82, 2.24) is 0 Å². The Bertz CT molecular complexity index is 253. The molecule has 0 bridgehead atoms. The predicted octanol–water partition coefficient (Wildman–Crippen LogP) is 3.83. The van der Waals surface area contributed by atoms with Crippen LogP contribution in [-0.2, 0) is 0 Å². The molecule has 13 heavy (non-hydrogen) atoms. The second-order valence-corrected chi connectivity index (χ2v) is 3.73. The Balaban J connectivity index is 0.000000671. The van der Waals surface area contributed by atoms with E-state index >= 15 is 0 Å². The van der Waals surface area contributed by atoms with E-state index in [0.29, 0.717) is 5.69 Å². The molecule has 0 heterocycles. The molecular formula is C9H13Br2NO. The lowest BCUT2D eigenvalue weighted by atomic mass is 10.3. The molecule has 1 rings (SSSR count). The maximum atomic E-state index is 5.57. The molecule has 0 saturated carbocycles. The lowest BCUT2D eigenvalue weighted by Crippen LogP contribution is -1.89. The number of hydrogen-bond donors (Lipinski definition) is 1. The van der Waals surface area contributed by atoms with Gasteiger partial charge in [-0.1, -0.05) is 13.8 Å². The van der Waals surface area contributed by atoms with E-state index < -0.39 is 0 Å². The molecule has 4 heteroatoms. The number of rotatable bonds is 1. The number of hydrogen-bond acceptors (Lipinski definition) is 2. The smallest absolute Gasteiger partial charge is 0.147 e. The Morgan fingerprint density at radius 1 is 1.15 bits per heavy atom. The highest BCUT2D eigenvalue weighted by atomic mass is 79.9. The minimum Gasteiger partial charge on any atom is -0.494 e. The molecule has 74 valence electrons. The summed E-state index contributed by atoms with van der Waals surface area (Å²) in [5.41, 5.74) is 6.27. The Labute approximate surface area is 95.7 Å². The number of anilines is 1. The van der Waals surface area contributed by atoms with Gasteiger partial charge in [0, 0.05) is 5.69 Å². The zero-order valence-electron chi connectivity index (χ0n) is 7.90. The summed E-state index contributed by atoms with van der Waals surface area (Å²) in [5, 5.41) is 0. The molecule has 0 fully saturated rings. The molecule has 0 amide bonds. The number of halogens is 2. The fourth-order valence-corrected chi connectivity index (χ4v) is 2.32. The van der Waals surface area contributed by atoms with Crippen LogP contribution in [0, 0.1) is 0 Å². The largest absolute Gasteiger partial charge is 0.494 e. The molecule has 0 aromatic heterocycles. The van der Waals surface area contributed by atoms with Gasteiger partial charge in [0.15, 0.2) is 0 Å². The molecule has 0 atom stereocenters. The van der Waals surface area contributed by atoms with Gasteiger partial charge in [-0.2, -0.15) is 0 Å². The van der Waals surface area contributed by atoms with Crippen molar-refractivity contribution in [2.24, 2.45) is 0 Å². The summed E-state index contributed by atoms with van der Waals surface area (Å²) in [7, 11) is 1.61. The Morgan fingerprint density at radius 2 is 1.54 bits per heavy atom. The molecule has 1 aromatic carbocycles. The first-order chi connectivity index (χ1) is 6.15. The van der Waals surface area contributed by atoms with E-state index in [9.17, 15) is 0 Å². The highest BCUT2D eigenvalue weighted by Gasteiger charge is 2.05. The van der Waals surface area contributed by atoms with E-state index in [2.05, 4.69) is 31.9 Å². The van der Waals surface area contributed by atoms with Gasteiger partial charge in [-0.25, -0.2) is 0 Å². The van der Waals surface area contributed by atoms with Crippen molar-refractivity contribution in [3.63, 3.8) is 0 Å². The third kappa shape index (κ3) is 3.56. The Morgan fingerprint density at radius 3 is 1.85 bits per heavy atom. The second-order valence-electron chi connectivity index (χ2n) is 2.02. The zero-order chi connectivity index (χ0) is 10.4. The first-order valence-corrected chi connectivity index (χ1v) is 5.52. The van der Waals surface area contributed by atoms with Crippen LogP contribution in [0.25, 0.3) is 0 Å². The molecule has 0 aliphatic carbocycles. The van der Waals surface area contributed by atoms with Crippen molar-refractivity contribution >= 4 is 37.5 Å². The van der Waals surface area contributed by atoms with E-state index in [1.54, 1.807) is 19.2 Å². The molecule has 0 aliphatic rings. The van der Waals surface area contributed by atoms with E-state index in [4.69, 9.17) is 10.5 Å². The van der Waals surface area contributed by atoms with Crippen molar-refractivity contribution in [3.8, 4) is 5.75 Å². The van der Waals surface area contributed by atoms with Gasteiger partial charge in [0.05, 0.1) is 16.1 Å². The molecule has 0 radical (unpaired) electrons. The SMILES string of the molecule is CC.COc1c(Br)cc(N)cc1Br. The van der Waals surface area contributed by atoms with Gasteiger partial charge >= 0.3 is 0 Å². The van der Waals surface area contributed by atoms with Crippen LogP contribution in [0.3, 0.4) is 0 Å². The van der Waals surface area contributed by atoms with Crippen molar-refractivity contribution < 1.29 is 4.74 Å². The molecule has 2 N–H and O–H groups in total. The van der Waals surface area contributed by atoms with Crippen LogP contribution in [0.4, 0.5) is 5.69 Å². The summed E-state index contributed by atoms with van der Waals surface area (Å²) in [4.78, 5) is 0. The van der Waals surface area contributed by atoms with Crippen LogP contribution in [0.5, 0.6) is 5.75 Å². The number of benzene rings is 1. The number of nitrogens with two attached hydrogens (primary N) is 1. The number of nitrogen functional groups attached to an aromatic ring is 1. The predicted molar refractivity (Wildman–Crippen MR) is 64.2 cm³/mol. The van der Waals surface area contributed by atoms with E-state index in [1.807, 2.05) is 13.8 Å². The average molecular weight is 311 g/mol. The first-order valence-electron chi connectivity index (χ1n) is 3.93. The van der Waals surface area contributed by atoms with Gasteiger partial charge in [0.25, 0.3) is 0 Å². The fraction of sp³-hybridized carbons (Fsp3) is 0.333. The summed E-state index contributed by atoms with van der Waals surface area (Å²) in [6.45, 7) is 4.00. The van der Waals surface area contributed by atoms with Crippen molar-refractivity contribution in [1.29, 1.82) is 0 Å². The lowest BCUT2D eigenvalue weighted by molar-refractivity contribution is 0.409. The molecule has 0 saturated heterocycles. The summed E-state index contributed by atoms with van der Waals surface area (Å²) in [6, 6.07) is 3.59. The summed E-state index contributed by atoms with van der Waals surface area (Å²) >= 11 is 6.65. The number of ether oxygens (including phenoxy) is 1. The fourth-order valence-electron chi connectivity index (χ4n) is 0.774. The van der Waals surface area contributed by atoms with Crippen molar-refractivity contribution in [3.05, 3.63) is 21.1 Å². The summed E-state index contributed by atoms with van der Waals surface area (Å²) in [5.74, 6) is 0.763. The van der Waals surface area contributed by atoms with E-state index in [0.717, 1.165) is 14.7 Å². The Hall–Kier alpha value is -0.220. The summed E-state index contributed by atoms with van der Waals surface area (Å²) < 4.78 is 6.79.